The van der Waals surface area contributed by atoms with Gasteiger partial charge in [-0.15, -0.1) is 0 Å². The zero-order valence-electron chi connectivity index (χ0n) is 21.3. The fourth-order valence-electron chi connectivity index (χ4n) is 8.17. The van der Waals surface area contributed by atoms with Crippen LogP contribution in [0.15, 0.2) is 35.9 Å². The van der Waals surface area contributed by atoms with Crippen LogP contribution in [0.4, 0.5) is 5.69 Å². The van der Waals surface area contributed by atoms with E-state index in [4.69, 9.17) is 21.1 Å². The SMILES string of the molecule is CC1(C)COC2(CC[C@]3(Nc4ccccc4Cl)C4=CC[C@]5(C)[C@@H](O)CC[C@H]5[C@@H]4CC[C@@]3(O)C2)OC1. The van der Waals surface area contributed by atoms with Gasteiger partial charge in [-0.1, -0.05) is 50.6 Å². The summed E-state index contributed by atoms with van der Waals surface area (Å²) in [4.78, 5) is 0. The molecule has 0 bridgehead atoms. The summed E-state index contributed by atoms with van der Waals surface area (Å²) < 4.78 is 12.8. The summed E-state index contributed by atoms with van der Waals surface area (Å²) in [5.74, 6) is 0.0453. The van der Waals surface area contributed by atoms with Gasteiger partial charge in [-0.05, 0) is 68.1 Å². The van der Waals surface area contributed by atoms with Crippen molar-refractivity contribution in [3.05, 3.63) is 40.9 Å². The smallest absolute Gasteiger partial charge is 0.171 e. The molecule has 3 N–H and O–H groups in total. The number of ether oxygens (including phenoxy) is 2. The molecule has 4 fully saturated rings. The number of hydrogen-bond acceptors (Lipinski definition) is 5. The molecule has 4 aliphatic carbocycles. The van der Waals surface area contributed by atoms with Crippen LogP contribution < -0.4 is 5.32 Å². The molecule has 3 saturated carbocycles. The first-order valence-electron chi connectivity index (χ1n) is 13.4. The molecule has 1 aromatic carbocycles. The van der Waals surface area contributed by atoms with Gasteiger partial charge in [0.25, 0.3) is 0 Å². The van der Waals surface area contributed by atoms with Crippen LogP contribution in [0.1, 0.15) is 72.1 Å². The van der Waals surface area contributed by atoms with Crippen LogP contribution in [0.2, 0.25) is 5.02 Å². The second-order valence-corrected chi connectivity index (χ2v) is 13.5. The van der Waals surface area contributed by atoms with Crippen LogP contribution in [-0.4, -0.2) is 46.5 Å². The van der Waals surface area contributed by atoms with Crippen molar-refractivity contribution in [3.8, 4) is 0 Å². The monoisotopic (exact) mass is 501 g/mol. The van der Waals surface area contributed by atoms with E-state index in [2.05, 4.69) is 32.2 Å². The molecule has 1 aromatic rings. The molecule has 1 saturated heterocycles. The third-order valence-electron chi connectivity index (χ3n) is 10.3. The summed E-state index contributed by atoms with van der Waals surface area (Å²) in [6, 6.07) is 7.84. The minimum Gasteiger partial charge on any atom is -0.393 e. The molecule has 0 amide bonds. The summed E-state index contributed by atoms with van der Waals surface area (Å²) in [6.45, 7) is 7.85. The Hall–Kier alpha value is -1.11. The van der Waals surface area contributed by atoms with E-state index < -0.39 is 16.9 Å². The van der Waals surface area contributed by atoms with E-state index >= 15 is 0 Å². The minimum absolute atomic E-state index is 0.0183. The molecule has 0 unspecified atom stereocenters. The molecule has 1 aliphatic heterocycles. The molecule has 1 heterocycles. The first kappa shape index (κ1) is 24.2. The Morgan fingerprint density at radius 3 is 2.49 bits per heavy atom. The van der Waals surface area contributed by atoms with Gasteiger partial charge in [0.2, 0.25) is 0 Å². The number of benzene rings is 1. The van der Waals surface area contributed by atoms with Gasteiger partial charge in [0.1, 0.15) is 0 Å². The molecule has 5 aliphatic rings. The Morgan fingerprint density at radius 2 is 1.74 bits per heavy atom. The van der Waals surface area contributed by atoms with Crippen molar-refractivity contribution < 1.29 is 19.7 Å². The predicted molar refractivity (Wildman–Crippen MR) is 137 cm³/mol. The highest BCUT2D eigenvalue weighted by Crippen LogP contribution is 2.64. The minimum atomic E-state index is -1.03. The summed E-state index contributed by atoms with van der Waals surface area (Å²) >= 11 is 6.65. The molecule has 5 nitrogen and oxygen atoms in total. The summed E-state index contributed by atoms with van der Waals surface area (Å²) in [6.07, 6.45) is 8.34. The Morgan fingerprint density at radius 1 is 1.00 bits per heavy atom. The third kappa shape index (κ3) is 3.56. The predicted octanol–water partition coefficient (Wildman–Crippen LogP) is 5.69. The zero-order chi connectivity index (χ0) is 24.7. The molecule has 0 aromatic heterocycles. The van der Waals surface area contributed by atoms with Crippen molar-refractivity contribution >= 4 is 17.3 Å². The summed E-state index contributed by atoms with van der Waals surface area (Å²) in [7, 11) is 0. The molecule has 6 rings (SSSR count). The quantitative estimate of drug-likeness (QED) is 0.454. The lowest BCUT2D eigenvalue weighted by Crippen LogP contribution is -2.71. The summed E-state index contributed by atoms with van der Waals surface area (Å²) in [5.41, 5.74) is 0.409. The van der Waals surface area contributed by atoms with Crippen molar-refractivity contribution in [2.24, 2.45) is 22.7 Å². The van der Waals surface area contributed by atoms with Gasteiger partial charge < -0.3 is 25.0 Å². The van der Waals surface area contributed by atoms with Crippen LogP contribution in [0.5, 0.6) is 0 Å². The van der Waals surface area contributed by atoms with Crippen LogP contribution in [-0.2, 0) is 9.47 Å². The average molecular weight is 502 g/mol. The Bertz CT molecular complexity index is 1030. The van der Waals surface area contributed by atoms with Gasteiger partial charge in [0.15, 0.2) is 5.79 Å². The number of anilines is 1. The molecular weight excluding hydrogens is 462 g/mol. The maximum absolute atomic E-state index is 12.6. The second kappa shape index (κ2) is 7.94. The largest absolute Gasteiger partial charge is 0.393 e. The topological polar surface area (TPSA) is 71.0 Å². The molecular formula is C29H40ClNO4. The maximum Gasteiger partial charge on any atom is 0.171 e. The standard InChI is InChI=1S/C29H40ClNO4/c1-25(2)17-34-28(35-18-25)14-15-29(31-23-7-5-4-6-22(23)30)21-11-12-26(3)20(8-9-24(26)32)19(21)10-13-27(29,33)16-28/h4-7,11,19-20,24,31-33H,8-10,12-18H2,1-3H3/t19-,20-,24-,26-,27+,29-/m0/s1. The molecule has 192 valence electrons. The van der Waals surface area contributed by atoms with Gasteiger partial charge in [-0.2, -0.15) is 0 Å². The average Bonchev–Trinajstić information content (AvgIpc) is 3.12. The molecule has 6 atom stereocenters. The Labute approximate surface area is 214 Å². The normalized spacial score (nSPS) is 43.6. The number of aliphatic hydroxyl groups is 2. The van der Waals surface area contributed by atoms with E-state index in [0.717, 1.165) is 37.8 Å². The highest BCUT2D eigenvalue weighted by Gasteiger charge is 2.67. The first-order chi connectivity index (χ1) is 16.5. The van der Waals surface area contributed by atoms with Crippen molar-refractivity contribution in [1.29, 1.82) is 0 Å². The lowest BCUT2D eigenvalue weighted by Gasteiger charge is -2.64. The fourth-order valence-corrected chi connectivity index (χ4v) is 8.35. The van der Waals surface area contributed by atoms with Gasteiger partial charge in [0.05, 0.1) is 41.2 Å². The lowest BCUT2D eigenvalue weighted by molar-refractivity contribution is -0.335. The number of halogens is 1. The number of fused-ring (bicyclic) bond motifs is 5. The van der Waals surface area contributed by atoms with Crippen molar-refractivity contribution in [3.63, 3.8) is 0 Å². The molecule has 6 heteroatoms. The van der Waals surface area contributed by atoms with Gasteiger partial charge in [-0.3, -0.25) is 0 Å². The van der Waals surface area contributed by atoms with E-state index in [1.165, 1.54) is 5.57 Å². The van der Waals surface area contributed by atoms with Crippen molar-refractivity contribution in [1.82, 2.24) is 0 Å². The molecule has 1 spiro atoms. The number of aliphatic hydroxyl groups excluding tert-OH is 1. The van der Waals surface area contributed by atoms with E-state index in [-0.39, 0.29) is 16.9 Å². The zero-order valence-corrected chi connectivity index (χ0v) is 22.0. The van der Waals surface area contributed by atoms with Crippen LogP contribution in [0.3, 0.4) is 0 Å². The second-order valence-electron chi connectivity index (χ2n) is 13.1. The maximum atomic E-state index is 12.6. The number of para-hydroxylation sites is 1. The molecule has 0 radical (unpaired) electrons. The Balaban J connectivity index is 1.42. The number of hydrogen-bond donors (Lipinski definition) is 3. The van der Waals surface area contributed by atoms with Crippen molar-refractivity contribution in [2.45, 2.75) is 95.2 Å². The van der Waals surface area contributed by atoms with Gasteiger partial charge in [0, 0.05) is 23.7 Å². The highest BCUT2D eigenvalue weighted by atomic mass is 35.5. The van der Waals surface area contributed by atoms with Crippen LogP contribution in [0.25, 0.3) is 0 Å². The van der Waals surface area contributed by atoms with E-state index in [0.29, 0.717) is 49.3 Å². The third-order valence-corrected chi connectivity index (χ3v) is 10.6. The van der Waals surface area contributed by atoms with E-state index in [9.17, 15) is 10.2 Å². The number of rotatable bonds is 2. The van der Waals surface area contributed by atoms with Crippen molar-refractivity contribution in [2.75, 3.05) is 18.5 Å². The number of nitrogens with one attached hydrogen (secondary N) is 1. The highest BCUT2D eigenvalue weighted by molar-refractivity contribution is 6.33. The van der Waals surface area contributed by atoms with E-state index in [1.54, 1.807) is 0 Å². The van der Waals surface area contributed by atoms with Crippen LogP contribution in [0, 0.1) is 22.7 Å². The van der Waals surface area contributed by atoms with Crippen LogP contribution >= 0.6 is 11.6 Å². The Kier molecular flexibility index (Phi) is 5.50. The van der Waals surface area contributed by atoms with E-state index in [1.807, 2.05) is 24.3 Å². The first-order valence-corrected chi connectivity index (χ1v) is 13.8. The summed E-state index contributed by atoms with van der Waals surface area (Å²) in [5, 5.41) is 27.9. The lowest BCUT2D eigenvalue weighted by atomic mass is 9.49. The number of allylic oxidation sites excluding steroid dienone is 1. The fraction of sp³-hybridized carbons (Fsp3) is 0.724. The molecule has 35 heavy (non-hydrogen) atoms. The van der Waals surface area contributed by atoms with Gasteiger partial charge >= 0.3 is 0 Å². The van der Waals surface area contributed by atoms with Gasteiger partial charge in [-0.25, -0.2) is 0 Å².